The fourth-order valence-corrected chi connectivity index (χ4v) is 3.23. The summed E-state index contributed by atoms with van der Waals surface area (Å²) in [5, 5.41) is 2.51. The van der Waals surface area contributed by atoms with Crippen molar-refractivity contribution in [2.24, 2.45) is 0 Å². The quantitative estimate of drug-likeness (QED) is 0.671. The Bertz CT molecular complexity index is 1060. The second-order valence-corrected chi connectivity index (χ2v) is 7.72. The summed E-state index contributed by atoms with van der Waals surface area (Å²) in [6.07, 6.45) is 0. The third-order valence-corrected chi connectivity index (χ3v) is 5.31. The first kappa shape index (κ1) is 20.6. The highest BCUT2D eigenvalue weighted by Gasteiger charge is 2.20. The molecule has 0 unspecified atom stereocenters. The van der Waals surface area contributed by atoms with Gasteiger partial charge >= 0.3 is 5.97 Å². The fraction of sp³-hybridized carbons (Fsp3) is 0.222. The lowest BCUT2D eigenvalue weighted by atomic mass is 10.2. The predicted molar refractivity (Wildman–Crippen MR) is 99.0 cm³/mol. The first-order chi connectivity index (χ1) is 13.8. The Morgan fingerprint density at radius 3 is 2.55 bits per heavy atom. The third kappa shape index (κ3) is 4.81. The molecular weight excluding hydrogens is 407 g/mol. The maximum atomic E-state index is 13.9. The zero-order valence-electron chi connectivity index (χ0n) is 15.2. The molecule has 0 atom stereocenters. The van der Waals surface area contributed by atoms with Crippen molar-refractivity contribution in [3.8, 4) is 11.5 Å². The number of halogens is 1. The van der Waals surface area contributed by atoms with Gasteiger partial charge in [0.05, 0.1) is 10.5 Å². The van der Waals surface area contributed by atoms with Gasteiger partial charge in [-0.2, -0.15) is 0 Å². The highest BCUT2D eigenvalue weighted by molar-refractivity contribution is 7.89. The van der Waals surface area contributed by atoms with Crippen molar-refractivity contribution in [1.29, 1.82) is 0 Å². The number of fused-ring (bicyclic) bond motifs is 1. The number of ether oxygens (including phenoxy) is 3. The van der Waals surface area contributed by atoms with Crippen LogP contribution in [0.5, 0.6) is 11.5 Å². The first-order valence-electron chi connectivity index (χ1n) is 8.40. The molecular formula is C18H17FN2O7S. The van der Waals surface area contributed by atoms with Crippen molar-refractivity contribution in [1.82, 2.24) is 4.72 Å². The zero-order chi connectivity index (χ0) is 21.0. The number of anilines is 1. The maximum absolute atomic E-state index is 13.9. The van der Waals surface area contributed by atoms with Crippen LogP contribution in [0.4, 0.5) is 10.1 Å². The number of benzene rings is 2. The lowest BCUT2D eigenvalue weighted by Crippen LogP contribution is -2.22. The Kier molecular flexibility index (Phi) is 5.99. The Balaban J connectivity index is 1.63. The molecule has 0 fully saturated rings. The highest BCUT2D eigenvalue weighted by Crippen LogP contribution is 2.32. The highest BCUT2D eigenvalue weighted by atomic mass is 32.2. The monoisotopic (exact) mass is 424 g/mol. The summed E-state index contributed by atoms with van der Waals surface area (Å²) in [7, 11) is -2.70. The van der Waals surface area contributed by atoms with Crippen LogP contribution in [0.1, 0.15) is 10.4 Å². The normalized spacial score (nSPS) is 12.9. The van der Waals surface area contributed by atoms with E-state index >= 15 is 0 Å². The molecule has 154 valence electrons. The Labute approximate surface area is 165 Å². The van der Waals surface area contributed by atoms with Crippen LogP contribution >= 0.6 is 0 Å². The molecule has 0 bridgehead atoms. The summed E-state index contributed by atoms with van der Waals surface area (Å²) in [6, 6.07) is 7.43. The molecule has 29 heavy (non-hydrogen) atoms. The lowest BCUT2D eigenvalue weighted by Gasteiger charge is -2.19. The van der Waals surface area contributed by atoms with Gasteiger partial charge in [0.15, 0.2) is 18.1 Å². The number of carbonyl (C=O) groups excluding carboxylic acids is 2. The third-order valence-electron chi connectivity index (χ3n) is 3.90. The lowest BCUT2D eigenvalue weighted by molar-refractivity contribution is -0.119. The van der Waals surface area contributed by atoms with Crippen LogP contribution in [0, 0.1) is 5.82 Å². The largest absolute Gasteiger partial charge is 0.486 e. The number of amides is 1. The van der Waals surface area contributed by atoms with Crippen LogP contribution < -0.4 is 19.5 Å². The molecule has 1 aliphatic rings. The van der Waals surface area contributed by atoms with Crippen LogP contribution in [0.2, 0.25) is 0 Å². The molecule has 0 spiro atoms. The Morgan fingerprint density at radius 2 is 1.83 bits per heavy atom. The molecule has 1 aliphatic heterocycles. The van der Waals surface area contributed by atoms with Gasteiger partial charge in [-0.25, -0.2) is 22.3 Å². The molecule has 11 heteroatoms. The molecule has 9 nitrogen and oxygen atoms in total. The molecule has 0 saturated carbocycles. The molecule has 1 heterocycles. The van der Waals surface area contributed by atoms with Crippen LogP contribution in [0.15, 0.2) is 41.3 Å². The molecule has 2 aromatic carbocycles. The number of sulfonamides is 1. The summed E-state index contributed by atoms with van der Waals surface area (Å²) >= 11 is 0. The summed E-state index contributed by atoms with van der Waals surface area (Å²) in [6.45, 7) is 0.119. The molecule has 1 amide bonds. The maximum Gasteiger partial charge on any atom is 0.341 e. The minimum Gasteiger partial charge on any atom is -0.486 e. The molecule has 0 radical (unpaired) electrons. The van der Waals surface area contributed by atoms with Gasteiger partial charge in [-0.1, -0.05) is 0 Å². The number of esters is 1. The number of rotatable bonds is 6. The molecule has 0 aliphatic carbocycles. The van der Waals surface area contributed by atoms with Gasteiger partial charge in [0, 0.05) is 11.8 Å². The summed E-state index contributed by atoms with van der Waals surface area (Å²) < 4.78 is 55.1. The van der Waals surface area contributed by atoms with Crippen molar-refractivity contribution in [3.63, 3.8) is 0 Å². The average molecular weight is 424 g/mol. The molecule has 0 aromatic heterocycles. The van der Waals surface area contributed by atoms with Gasteiger partial charge in [0.2, 0.25) is 10.0 Å². The molecule has 2 aromatic rings. The van der Waals surface area contributed by atoms with Crippen molar-refractivity contribution < 1.29 is 36.6 Å². The molecule has 3 rings (SSSR count). The van der Waals surface area contributed by atoms with Crippen LogP contribution in [0.25, 0.3) is 0 Å². The van der Waals surface area contributed by atoms with Crippen molar-refractivity contribution >= 4 is 27.6 Å². The first-order valence-corrected chi connectivity index (χ1v) is 9.88. The van der Waals surface area contributed by atoms with E-state index in [2.05, 4.69) is 10.0 Å². The van der Waals surface area contributed by atoms with E-state index in [9.17, 15) is 22.4 Å². The van der Waals surface area contributed by atoms with Gasteiger partial charge in [-0.3, -0.25) is 4.79 Å². The minimum absolute atomic E-state index is 0.311. The average Bonchev–Trinajstić information content (AvgIpc) is 2.72. The van der Waals surface area contributed by atoms with E-state index in [0.717, 1.165) is 18.2 Å². The van der Waals surface area contributed by atoms with Crippen LogP contribution in [-0.2, 0) is 19.6 Å². The van der Waals surface area contributed by atoms with E-state index in [0.29, 0.717) is 30.4 Å². The van der Waals surface area contributed by atoms with Crippen molar-refractivity contribution in [2.45, 2.75) is 4.90 Å². The standard InChI is InChI=1S/C18H17FN2O7S/c1-20-29(24,25)12-3-4-14(19)13(9-12)18(23)28-10-17(22)21-11-2-5-15-16(8-11)27-7-6-26-15/h2-5,8-9,20H,6-7,10H2,1H3,(H,21,22). The summed E-state index contributed by atoms with van der Waals surface area (Å²) in [4.78, 5) is 23.8. The van der Waals surface area contributed by atoms with Crippen molar-refractivity contribution in [2.75, 3.05) is 32.2 Å². The van der Waals surface area contributed by atoms with E-state index in [1.165, 1.54) is 7.05 Å². The summed E-state index contributed by atoms with van der Waals surface area (Å²) in [5.74, 6) is -1.80. The Morgan fingerprint density at radius 1 is 1.10 bits per heavy atom. The van der Waals surface area contributed by atoms with Gasteiger partial charge in [-0.05, 0) is 37.4 Å². The second kappa shape index (κ2) is 8.45. The van der Waals surface area contributed by atoms with E-state index in [1.807, 2.05) is 0 Å². The smallest absolute Gasteiger partial charge is 0.341 e. The fourth-order valence-electron chi connectivity index (χ4n) is 2.47. The van der Waals surface area contributed by atoms with Gasteiger partial charge in [-0.15, -0.1) is 0 Å². The number of nitrogens with one attached hydrogen (secondary N) is 2. The van der Waals surface area contributed by atoms with Gasteiger partial charge < -0.3 is 19.5 Å². The molecule has 0 saturated heterocycles. The number of hydrogen-bond donors (Lipinski definition) is 2. The van der Waals surface area contributed by atoms with Crippen molar-refractivity contribution in [3.05, 3.63) is 47.8 Å². The van der Waals surface area contributed by atoms with Gasteiger partial charge in [0.1, 0.15) is 19.0 Å². The number of hydrogen-bond acceptors (Lipinski definition) is 7. The van der Waals surface area contributed by atoms with E-state index in [4.69, 9.17) is 14.2 Å². The topological polar surface area (TPSA) is 120 Å². The molecule has 2 N–H and O–H groups in total. The minimum atomic E-state index is -3.88. The van der Waals surface area contributed by atoms with E-state index < -0.39 is 39.9 Å². The SMILES string of the molecule is CNS(=O)(=O)c1ccc(F)c(C(=O)OCC(=O)Nc2ccc3c(c2)OCCO3)c1. The predicted octanol–water partition coefficient (Wildman–Crippen LogP) is 1.30. The Hall–Kier alpha value is -3.18. The van der Waals surface area contributed by atoms with Gasteiger partial charge in [0.25, 0.3) is 5.91 Å². The second-order valence-electron chi connectivity index (χ2n) is 5.83. The number of carbonyl (C=O) groups is 2. The zero-order valence-corrected chi connectivity index (χ0v) is 16.0. The van der Waals surface area contributed by atoms with E-state index in [-0.39, 0.29) is 4.90 Å². The van der Waals surface area contributed by atoms with E-state index in [1.54, 1.807) is 18.2 Å². The van der Waals surface area contributed by atoms with Crippen LogP contribution in [-0.4, -0.2) is 47.2 Å². The summed E-state index contributed by atoms with van der Waals surface area (Å²) in [5.41, 5.74) is -0.211. The van der Waals surface area contributed by atoms with Crippen LogP contribution in [0.3, 0.4) is 0 Å².